The number of ether oxygens (including phenoxy) is 1. The number of nitrogens with zero attached hydrogens (tertiary/aromatic N) is 3. The fourth-order valence-electron chi connectivity index (χ4n) is 4.69. The first-order chi connectivity index (χ1) is 17.9. The summed E-state index contributed by atoms with van der Waals surface area (Å²) in [6, 6.07) is 13.9. The van der Waals surface area contributed by atoms with E-state index in [1.807, 2.05) is 0 Å². The third-order valence-electron chi connectivity index (χ3n) is 6.55. The van der Waals surface area contributed by atoms with Crippen LogP contribution in [0.4, 0.5) is 5.00 Å². The molecule has 0 aliphatic carbocycles. The first-order valence-electron chi connectivity index (χ1n) is 12.1. The summed E-state index contributed by atoms with van der Waals surface area (Å²) in [5.74, 6) is -0.677. The quantitative estimate of drug-likeness (QED) is 0.252. The lowest BCUT2D eigenvalue weighted by Crippen LogP contribution is -2.29. The molecule has 0 saturated carbocycles. The first-order valence-corrected chi connectivity index (χ1v) is 13.3. The zero-order chi connectivity index (χ0) is 26.1. The fourth-order valence-corrected chi connectivity index (χ4v) is 6.13. The third-order valence-corrected chi connectivity index (χ3v) is 8.00. The van der Waals surface area contributed by atoms with Crippen molar-refractivity contribution >= 4 is 50.9 Å². The average Bonchev–Trinajstić information content (AvgIpc) is 3.27. The second-order valence-electron chi connectivity index (χ2n) is 8.66. The molecule has 190 valence electrons. The molecule has 5 rings (SSSR count). The Morgan fingerprint density at radius 2 is 1.89 bits per heavy atom. The molecule has 0 atom stereocenters. The Labute approximate surface area is 223 Å². The molecule has 1 aliphatic heterocycles. The fraction of sp³-hybridized carbons (Fsp3) is 0.250. The van der Waals surface area contributed by atoms with Crippen molar-refractivity contribution in [2.45, 2.75) is 26.8 Å². The minimum atomic E-state index is -0.396. The maximum absolute atomic E-state index is 13.4. The van der Waals surface area contributed by atoms with Gasteiger partial charge in [-0.05, 0) is 43.7 Å². The first kappa shape index (κ1) is 25.2. The number of aromatic nitrogens is 1. The number of likely N-dealkylation sites (N-methyl/N-ethyl adjacent to an activating group) is 1. The molecule has 0 unspecified atom stereocenters. The van der Waals surface area contributed by atoms with Crippen LogP contribution in [0.5, 0.6) is 5.88 Å². The number of pyridine rings is 1. The van der Waals surface area contributed by atoms with E-state index in [0.717, 1.165) is 36.5 Å². The van der Waals surface area contributed by atoms with Crippen molar-refractivity contribution in [2.75, 3.05) is 19.7 Å². The molecule has 37 heavy (non-hydrogen) atoms. The number of halogens is 1. The van der Waals surface area contributed by atoms with Crippen LogP contribution >= 0.6 is 22.9 Å². The summed E-state index contributed by atoms with van der Waals surface area (Å²) < 4.78 is 6.56. The van der Waals surface area contributed by atoms with Crippen molar-refractivity contribution in [3.05, 3.63) is 85.5 Å². The van der Waals surface area contributed by atoms with E-state index in [-0.39, 0.29) is 12.5 Å². The van der Waals surface area contributed by atoms with Gasteiger partial charge in [-0.15, -0.1) is 11.3 Å². The molecule has 1 aliphatic rings. The number of rotatable bonds is 6. The average molecular weight is 536 g/mol. The number of hydrogen-bond donors (Lipinski definition) is 1. The molecular formula is C28H26ClN3O4S. The van der Waals surface area contributed by atoms with Crippen LogP contribution in [0.15, 0.2) is 58.3 Å². The molecule has 0 bridgehead atoms. The van der Waals surface area contributed by atoms with Crippen LogP contribution in [0, 0.1) is 0 Å². The number of esters is 1. The van der Waals surface area contributed by atoms with E-state index in [4.69, 9.17) is 21.3 Å². The number of hydrogen-bond acceptors (Lipinski definition) is 7. The molecule has 0 fully saturated rings. The van der Waals surface area contributed by atoms with E-state index in [9.17, 15) is 14.7 Å². The summed E-state index contributed by atoms with van der Waals surface area (Å²) in [5, 5.41) is 13.2. The van der Waals surface area contributed by atoms with E-state index < -0.39 is 11.5 Å². The molecule has 1 N–H and O–H groups in total. The smallest absolute Gasteiger partial charge is 0.341 e. The minimum absolute atomic E-state index is 0.266. The van der Waals surface area contributed by atoms with Gasteiger partial charge in [0.15, 0.2) is 0 Å². The molecule has 0 amide bonds. The summed E-state index contributed by atoms with van der Waals surface area (Å²) in [6.07, 6.45) is 2.26. The van der Waals surface area contributed by atoms with Gasteiger partial charge in [-0.25, -0.2) is 14.4 Å². The van der Waals surface area contributed by atoms with E-state index in [1.165, 1.54) is 22.1 Å². The number of aliphatic imine (C=N–C) groups is 1. The van der Waals surface area contributed by atoms with Crippen molar-refractivity contribution in [3.63, 3.8) is 0 Å². The van der Waals surface area contributed by atoms with Gasteiger partial charge in [-0.2, -0.15) is 0 Å². The molecule has 3 heterocycles. The van der Waals surface area contributed by atoms with Crippen LogP contribution in [0.25, 0.3) is 16.5 Å². The van der Waals surface area contributed by atoms with E-state index >= 15 is 0 Å². The summed E-state index contributed by atoms with van der Waals surface area (Å²) in [5.41, 5.74) is 1.79. The molecule has 2 aromatic carbocycles. The Morgan fingerprint density at radius 3 is 2.62 bits per heavy atom. The number of aromatic hydroxyl groups is 1. The van der Waals surface area contributed by atoms with Crippen molar-refractivity contribution in [1.82, 2.24) is 9.47 Å². The van der Waals surface area contributed by atoms with Gasteiger partial charge in [0, 0.05) is 35.0 Å². The number of fused-ring (bicyclic) bond motifs is 2. The predicted octanol–water partition coefficient (Wildman–Crippen LogP) is 5.72. The lowest BCUT2D eigenvalue weighted by Gasteiger charge is -2.25. The molecule has 0 radical (unpaired) electrons. The zero-order valence-corrected chi connectivity index (χ0v) is 22.1. The maximum atomic E-state index is 13.4. The van der Waals surface area contributed by atoms with Gasteiger partial charge in [0.1, 0.15) is 5.00 Å². The van der Waals surface area contributed by atoms with Gasteiger partial charge >= 0.3 is 5.97 Å². The van der Waals surface area contributed by atoms with Crippen LogP contribution in [0.3, 0.4) is 0 Å². The van der Waals surface area contributed by atoms with E-state index in [0.29, 0.717) is 37.6 Å². The topological polar surface area (TPSA) is 84.1 Å². The van der Waals surface area contributed by atoms with Crippen molar-refractivity contribution < 1.29 is 14.6 Å². The third kappa shape index (κ3) is 4.56. The maximum Gasteiger partial charge on any atom is 0.341 e. The van der Waals surface area contributed by atoms with E-state index in [1.54, 1.807) is 55.5 Å². The van der Waals surface area contributed by atoms with Crippen LogP contribution < -0.4 is 5.56 Å². The number of benzene rings is 2. The Balaban J connectivity index is 1.70. The predicted molar refractivity (Wildman–Crippen MR) is 148 cm³/mol. The highest BCUT2D eigenvalue weighted by atomic mass is 35.5. The molecule has 9 heteroatoms. The van der Waals surface area contributed by atoms with Crippen molar-refractivity contribution in [1.29, 1.82) is 0 Å². The van der Waals surface area contributed by atoms with Gasteiger partial charge in [0.05, 0.1) is 28.4 Å². The van der Waals surface area contributed by atoms with Crippen LogP contribution in [-0.2, 0) is 17.7 Å². The lowest BCUT2D eigenvalue weighted by molar-refractivity contribution is 0.0526. The molecule has 0 saturated heterocycles. The highest BCUT2D eigenvalue weighted by Gasteiger charge is 2.28. The standard InChI is InChI=1S/C28H26ClN3O4S/c1-3-31-14-13-19-23(16-31)37-25(24(19)28(35)36-4-2)30-15-20-17-9-5-6-10-18(17)26(33)32(27(20)34)22-12-8-7-11-21(22)29/h5-12,15,34H,3-4,13-14,16H2,1-2H3. The lowest BCUT2D eigenvalue weighted by atomic mass is 10.0. The number of carbonyl (C=O) groups excluding carboxylic acids is 1. The largest absolute Gasteiger partial charge is 0.494 e. The van der Waals surface area contributed by atoms with Gasteiger partial charge in [-0.3, -0.25) is 9.69 Å². The molecular weight excluding hydrogens is 510 g/mol. The highest BCUT2D eigenvalue weighted by Crippen LogP contribution is 2.40. The normalized spacial score (nSPS) is 13.8. The van der Waals surface area contributed by atoms with Gasteiger partial charge in [0.2, 0.25) is 5.88 Å². The summed E-state index contributed by atoms with van der Waals surface area (Å²) >= 11 is 7.85. The second kappa shape index (κ2) is 10.5. The monoisotopic (exact) mass is 535 g/mol. The highest BCUT2D eigenvalue weighted by molar-refractivity contribution is 7.16. The van der Waals surface area contributed by atoms with Crippen LogP contribution in [0.2, 0.25) is 5.02 Å². The molecule has 4 aromatic rings. The molecule has 7 nitrogen and oxygen atoms in total. The van der Waals surface area contributed by atoms with Gasteiger partial charge in [-0.1, -0.05) is 48.9 Å². The molecule has 2 aromatic heterocycles. The summed E-state index contributed by atoms with van der Waals surface area (Å²) in [6.45, 7) is 6.70. The minimum Gasteiger partial charge on any atom is -0.494 e. The Hall–Kier alpha value is -3.46. The van der Waals surface area contributed by atoms with Crippen LogP contribution in [-0.4, -0.2) is 46.5 Å². The van der Waals surface area contributed by atoms with Gasteiger partial charge in [0.25, 0.3) is 5.56 Å². The SMILES string of the molecule is CCOC(=O)c1c(N=Cc2c(O)n(-c3ccccc3Cl)c(=O)c3ccccc23)sc2c1CCN(CC)C2. The van der Waals surface area contributed by atoms with Crippen LogP contribution in [0.1, 0.15) is 40.2 Å². The van der Waals surface area contributed by atoms with Crippen molar-refractivity contribution in [2.24, 2.45) is 4.99 Å². The number of carbonyl (C=O) groups is 1. The summed E-state index contributed by atoms with van der Waals surface area (Å²) in [4.78, 5) is 34.4. The number of thiophene rings is 1. The zero-order valence-electron chi connectivity index (χ0n) is 20.5. The Morgan fingerprint density at radius 1 is 1.16 bits per heavy atom. The second-order valence-corrected chi connectivity index (χ2v) is 10.1. The van der Waals surface area contributed by atoms with Crippen molar-refractivity contribution in [3.8, 4) is 11.6 Å². The number of para-hydroxylation sites is 1. The van der Waals surface area contributed by atoms with Gasteiger partial charge < -0.3 is 9.84 Å². The van der Waals surface area contributed by atoms with E-state index in [2.05, 4.69) is 11.8 Å². The molecule has 0 spiro atoms. The summed E-state index contributed by atoms with van der Waals surface area (Å²) in [7, 11) is 0. The Bertz CT molecular complexity index is 1590. The Kier molecular flexibility index (Phi) is 7.15.